The minimum absolute atomic E-state index is 0. The predicted octanol–water partition coefficient (Wildman–Crippen LogP) is 10.9. The van der Waals surface area contributed by atoms with Gasteiger partial charge in [-0.15, -0.1) is 0 Å². The summed E-state index contributed by atoms with van der Waals surface area (Å²) in [6.45, 7) is 39.7. The van der Waals surface area contributed by atoms with Crippen molar-refractivity contribution in [3.63, 3.8) is 0 Å². The van der Waals surface area contributed by atoms with Crippen LogP contribution < -0.4 is 0 Å². The third kappa shape index (κ3) is 12.5. The van der Waals surface area contributed by atoms with Crippen LogP contribution in [0.15, 0.2) is 24.3 Å². The number of rotatable bonds is 3. The molecule has 0 amide bonds. The zero-order valence-electron chi connectivity index (χ0n) is 30.8. The predicted molar refractivity (Wildman–Crippen MR) is 195 cm³/mol. The minimum Gasteiger partial charge on any atom is -0.418 e. The van der Waals surface area contributed by atoms with Crippen molar-refractivity contribution in [1.82, 2.24) is 17.3 Å². The molecule has 2 saturated heterocycles. The van der Waals surface area contributed by atoms with E-state index in [4.69, 9.17) is 0 Å². The van der Waals surface area contributed by atoms with Crippen molar-refractivity contribution in [2.24, 2.45) is 0 Å². The van der Waals surface area contributed by atoms with E-state index < -0.39 is 40.5 Å². The molecule has 3 rings (SSSR count). The van der Waals surface area contributed by atoms with Gasteiger partial charge >= 0.3 is 7.25 Å². The molecular formula is C30H66BF4N4P2RhSi2+. The first-order valence-corrected chi connectivity index (χ1v) is 25.1. The second-order valence-electron chi connectivity index (χ2n) is 16.9. The zero-order valence-corrected chi connectivity index (χ0v) is 36.4. The number of nitrogens with zero attached hydrogens (tertiary/aromatic N) is 4. The molecule has 0 saturated carbocycles. The SMILES string of the molecule is C1=C\CC/C=C\CC/1.CC(C)(C)N1[PH+](CC[PH+]2N(C(C)(C)C)[Si](C)(C)N2C(C)(C)C)N(C(C)(C)C)[Si]1(C)C.F[B-](F)(F)F.[Rh]. The molecule has 263 valence electrons. The molecule has 2 aliphatic heterocycles. The molecule has 3 aliphatic rings. The number of allylic oxidation sites excluding steroid dienone is 4. The maximum absolute atomic E-state index is 9.75. The van der Waals surface area contributed by atoms with Gasteiger partial charge in [0.05, 0.1) is 0 Å². The van der Waals surface area contributed by atoms with E-state index >= 15 is 0 Å². The summed E-state index contributed by atoms with van der Waals surface area (Å²) < 4.78 is 51.1. The van der Waals surface area contributed by atoms with Crippen LogP contribution in [-0.2, 0) is 19.5 Å². The Hall–Kier alpha value is 1.02. The van der Waals surface area contributed by atoms with Crippen LogP contribution >= 0.6 is 16.4 Å². The smallest absolute Gasteiger partial charge is 0.418 e. The van der Waals surface area contributed by atoms with E-state index in [1.165, 1.54) is 38.0 Å². The summed E-state index contributed by atoms with van der Waals surface area (Å²) in [5, 5.41) is 0. The summed E-state index contributed by atoms with van der Waals surface area (Å²) in [5.41, 5.74) is 1.13. The Morgan fingerprint density at radius 3 is 0.795 bits per heavy atom. The Balaban J connectivity index is 0.00000109. The normalized spacial score (nSPS) is 24.2. The van der Waals surface area contributed by atoms with Crippen LogP contribution in [0.25, 0.3) is 0 Å². The molecule has 1 aliphatic carbocycles. The van der Waals surface area contributed by atoms with Gasteiger partial charge < -0.3 is 17.3 Å². The van der Waals surface area contributed by atoms with Crippen LogP contribution in [0, 0.1) is 0 Å². The van der Waals surface area contributed by atoms with Gasteiger partial charge in [-0.25, -0.2) is 0 Å². The molecule has 14 heteroatoms. The van der Waals surface area contributed by atoms with E-state index in [1.54, 1.807) is 0 Å². The Morgan fingerprint density at radius 1 is 0.500 bits per heavy atom. The summed E-state index contributed by atoms with van der Waals surface area (Å²) in [5.74, 6) is 0. The molecule has 0 aromatic rings. The van der Waals surface area contributed by atoms with Gasteiger partial charge in [0, 0.05) is 41.6 Å². The maximum Gasteiger partial charge on any atom is 0.673 e. The van der Waals surface area contributed by atoms with E-state index in [1.807, 2.05) is 0 Å². The van der Waals surface area contributed by atoms with E-state index in [9.17, 15) is 17.3 Å². The van der Waals surface area contributed by atoms with Gasteiger partial charge in [-0.1, -0.05) is 24.3 Å². The molecule has 44 heavy (non-hydrogen) atoms. The molecule has 2 heterocycles. The Labute approximate surface area is 287 Å². The quantitative estimate of drug-likeness (QED) is 0.122. The molecule has 0 unspecified atom stereocenters. The largest absolute Gasteiger partial charge is 0.673 e. The third-order valence-corrected chi connectivity index (χ3v) is 31.2. The minimum atomic E-state index is -6.00. The fourth-order valence-electron chi connectivity index (χ4n) is 7.93. The summed E-state index contributed by atoms with van der Waals surface area (Å²) in [7, 11) is -10.4. The van der Waals surface area contributed by atoms with Crippen LogP contribution in [0.3, 0.4) is 0 Å². The van der Waals surface area contributed by atoms with Gasteiger partial charge in [0.15, 0.2) is 0 Å². The van der Waals surface area contributed by atoms with Crippen LogP contribution in [0.4, 0.5) is 17.3 Å². The average Bonchev–Trinajstić information content (AvgIpc) is 2.63. The molecule has 1 radical (unpaired) electrons. The first-order valence-electron chi connectivity index (χ1n) is 16.1. The molecule has 0 bridgehead atoms. The second-order valence-corrected chi connectivity index (χ2v) is 30.9. The van der Waals surface area contributed by atoms with Gasteiger partial charge in [0.2, 0.25) is 0 Å². The molecule has 4 nitrogen and oxygen atoms in total. The first kappa shape index (κ1) is 45.0. The van der Waals surface area contributed by atoms with Crippen molar-refractivity contribution in [1.29, 1.82) is 0 Å². The molecule has 2 fully saturated rings. The standard InChI is InChI=1S/C22H52N4P2Si2.C8H12.BF4.Rh/c1-19(2,3)23-27(24(20(4,5)6)29(23,13)14)17-18-28-25(21(7,8)9)30(15,16)26(28)22(10,11)12;1-2-4-6-8-7-5-3-1;2-1(3,4)5;/h17-18H2,1-16H3;1-2,7-8H,3-6H2;;/q;;-1;/p+2/b;2-1-,8-7-;;. The molecule has 0 aromatic heterocycles. The topological polar surface area (TPSA) is 13.0 Å². The number of hydrogen-bond donors (Lipinski definition) is 0. The van der Waals surface area contributed by atoms with E-state index in [2.05, 4.69) is 151 Å². The Kier molecular flexibility index (Phi) is 16.5. The zero-order chi connectivity index (χ0) is 34.0. The summed E-state index contributed by atoms with van der Waals surface area (Å²) in [6.07, 6.45) is 16.8. The fraction of sp³-hybridized carbons (Fsp3) is 0.867. The van der Waals surface area contributed by atoms with Crippen LogP contribution in [-0.4, -0.2) is 75.9 Å². The second kappa shape index (κ2) is 16.2. The Bertz CT molecular complexity index is 823. The summed E-state index contributed by atoms with van der Waals surface area (Å²) in [6, 6.07) is 0. The van der Waals surface area contributed by atoms with E-state index in [0.717, 1.165) is 0 Å². The van der Waals surface area contributed by atoms with Gasteiger partial charge in [0.25, 0.3) is 16.8 Å². The van der Waals surface area contributed by atoms with Crippen LogP contribution in [0.5, 0.6) is 0 Å². The Morgan fingerprint density at radius 2 is 0.659 bits per heavy atom. The van der Waals surface area contributed by atoms with E-state index in [0.29, 0.717) is 0 Å². The van der Waals surface area contributed by atoms with Gasteiger partial charge in [0.1, 0.15) is 28.8 Å². The third-order valence-electron chi connectivity index (χ3n) is 7.81. The van der Waals surface area contributed by atoms with E-state index in [-0.39, 0.29) is 41.6 Å². The van der Waals surface area contributed by atoms with Crippen molar-refractivity contribution in [2.75, 3.05) is 12.3 Å². The molecular weight excluding hydrogens is 724 g/mol. The summed E-state index contributed by atoms with van der Waals surface area (Å²) in [4.78, 5) is 0. The van der Waals surface area contributed by atoms with Crippen molar-refractivity contribution in [2.45, 2.75) is 157 Å². The monoisotopic (exact) mass is 790 g/mol. The molecule has 0 atom stereocenters. The van der Waals surface area contributed by atoms with Gasteiger partial charge in [-0.2, -0.15) is 17.3 Å². The average molecular weight is 791 g/mol. The van der Waals surface area contributed by atoms with Crippen molar-refractivity contribution in [3.8, 4) is 0 Å². The van der Waals surface area contributed by atoms with Gasteiger partial charge in [-0.3, -0.25) is 0 Å². The fourth-order valence-corrected chi connectivity index (χ4v) is 33.6. The maximum atomic E-state index is 9.75. The van der Waals surface area contributed by atoms with Crippen molar-refractivity contribution >= 4 is 40.5 Å². The molecule has 0 spiro atoms. The molecule has 0 N–H and O–H groups in total. The van der Waals surface area contributed by atoms with Crippen molar-refractivity contribution < 1.29 is 36.7 Å². The first-order chi connectivity index (χ1) is 19.0. The van der Waals surface area contributed by atoms with Crippen LogP contribution in [0.2, 0.25) is 26.2 Å². The van der Waals surface area contributed by atoms with Gasteiger partial charge in [-0.05, 0) is 135 Å². The summed E-state index contributed by atoms with van der Waals surface area (Å²) >= 11 is 0. The van der Waals surface area contributed by atoms with Crippen LogP contribution in [0.1, 0.15) is 109 Å². The number of halogens is 4. The molecule has 0 aromatic carbocycles. The number of hydrogen-bond acceptors (Lipinski definition) is 4. The van der Waals surface area contributed by atoms with Crippen molar-refractivity contribution in [3.05, 3.63) is 24.3 Å².